The van der Waals surface area contributed by atoms with Crippen molar-refractivity contribution in [2.75, 3.05) is 18.0 Å². The first kappa shape index (κ1) is 12.2. The highest BCUT2D eigenvalue weighted by molar-refractivity contribution is 6.31. The molecule has 0 aliphatic carbocycles. The SMILES string of the molecule is Cc1ccc(N2CCC(N)(C#N)CC2)cc1Cl. The van der Waals surface area contributed by atoms with Gasteiger partial charge in [-0.2, -0.15) is 5.26 Å². The van der Waals surface area contributed by atoms with Gasteiger partial charge in [0.2, 0.25) is 0 Å². The number of benzene rings is 1. The van der Waals surface area contributed by atoms with E-state index in [-0.39, 0.29) is 0 Å². The molecule has 0 atom stereocenters. The van der Waals surface area contributed by atoms with Crippen LogP contribution in [0.4, 0.5) is 5.69 Å². The second kappa shape index (κ2) is 4.56. The number of piperidine rings is 1. The van der Waals surface area contributed by atoms with Gasteiger partial charge in [-0.3, -0.25) is 0 Å². The Kier molecular flexibility index (Phi) is 3.28. The van der Waals surface area contributed by atoms with E-state index in [0.717, 1.165) is 29.4 Å². The zero-order valence-electron chi connectivity index (χ0n) is 9.91. The summed E-state index contributed by atoms with van der Waals surface area (Å²) in [6.07, 6.45) is 1.41. The summed E-state index contributed by atoms with van der Waals surface area (Å²) in [5.41, 5.74) is 7.48. The van der Waals surface area contributed by atoms with Gasteiger partial charge in [0.1, 0.15) is 5.54 Å². The van der Waals surface area contributed by atoms with Gasteiger partial charge >= 0.3 is 0 Å². The predicted octanol–water partition coefficient (Wildman–Crippen LogP) is 2.47. The van der Waals surface area contributed by atoms with Crippen LogP contribution in [0, 0.1) is 18.3 Å². The topological polar surface area (TPSA) is 53.0 Å². The quantitative estimate of drug-likeness (QED) is 0.832. The Balaban J connectivity index is 2.11. The van der Waals surface area contributed by atoms with Gasteiger partial charge in [0.25, 0.3) is 0 Å². The predicted molar refractivity (Wildman–Crippen MR) is 70.2 cm³/mol. The van der Waals surface area contributed by atoms with Crippen LogP contribution in [0.3, 0.4) is 0 Å². The first-order valence-electron chi connectivity index (χ1n) is 5.75. The van der Waals surface area contributed by atoms with Gasteiger partial charge < -0.3 is 10.6 Å². The molecule has 1 saturated heterocycles. The van der Waals surface area contributed by atoms with E-state index in [2.05, 4.69) is 17.0 Å². The highest BCUT2D eigenvalue weighted by atomic mass is 35.5. The van der Waals surface area contributed by atoms with Crippen LogP contribution in [0.5, 0.6) is 0 Å². The minimum Gasteiger partial charge on any atom is -0.371 e. The molecule has 1 aromatic rings. The molecule has 0 saturated carbocycles. The molecule has 0 amide bonds. The van der Waals surface area contributed by atoms with Crippen molar-refractivity contribution >= 4 is 17.3 Å². The number of nitriles is 1. The van der Waals surface area contributed by atoms with Crippen molar-refractivity contribution in [2.24, 2.45) is 5.73 Å². The molecule has 0 spiro atoms. The Morgan fingerprint density at radius 2 is 2.06 bits per heavy atom. The van der Waals surface area contributed by atoms with Crippen molar-refractivity contribution in [1.29, 1.82) is 5.26 Å². The lowest BCUT2D eigenvalue weighted by Gasteiger charge is -2.36. The Morgan fingerprint density at radius 3 is 2.59 bits per heavy atom. The number of nitrogens with zero attached hydrogens (tertiary/aromatic N) is 2. The molecule has 0 bridgehead atoms. The lowest BCUT2D eigenvalue weighted by atomic mass is 9.90. The maximum Gasteiger partial charge on any atom is 0.107 e. The van der Waals surface area contributed by atoms with Crippen LogP contribution < -0.4 is 10.6 Å². The van der Waals surface area contributed by atoms with Crippen molar-refractivity contribution in [3.05, 3.63) is 28.8 Å². The van der Waals surface area contributed by atoms with Crippen molar-refractivity contribution in [2.45, 2.75) is 25.3 Å². The fourth-order valence-electron chi connectivity index (χ4n) is 2.05. The van der Waals surface area contributed by atoms with Gasteiger partial charge in [0.05, 0.1) is 6.07 Å². The monoisotopic (exact) mass is 249 g/mol. The molecule has 1 fully saturated rings. The third-order valence-corrected chi connectivity index (χ3v) is 3.81. The lowest BCUT2D eigenvalue weighted by molar-refractivity contribution is 0.415. The Morgan fingerprint density at radius 1 is 1.41 bits per heavy atom. The number of halogens is 1. The highest BCUT2D eigenvalue weighted by Crippen LogP contribution is 2.27. The summed E-state index contributed by atoms with van der Waals surface area (Å²) in [6.45, 7) is 3.61. The molecule has 1 aromatic carbocycles. The van der Waals surface area contributed by atoms with E-state index in [1.807, 2.05) is 19.1 Å². The number of aryl methyl sites for hydroxylation is 1. The van der Waals surface area contributed by atoms with E-state index in [4.69, 9.17) is 22.6 Å². The smallest absolute Gasteiger partial charge is 0.107 e. The Hall–Kier alpha value is -1.24. The van der Waals surface area contributed by atoms with Gasteiger partial charge in [0.15, 0.2) is 0 Å². The number of hydrogen-bond donors (Lipinski definition) is 1. The molecule has 1 aliphatic heterocycles. The molecular formula is C13H16ClN3. The van der Waals surface area contributed by atoms with E-state index in [9.17, 15) is 0 Å². The van der Waals surface area contributed by atoms with Crippen molar-refractivity contribution < 1.29 is 0 Å². The van der Waals surface area contributed by atoms with Crippen molar-refractivity contribution in [3.63, 3.8) is 0 Å². The van der Waals surface area contributed by atoms with Crippen LogP contribution in [-0.4, -0.2) is 18.6 Å². The number of nitrogens with two attached hydrogens (primary N) is 1. The second-order valence-electron chi connectivity index (χ2n) is 4.69. The summed E-state index contributed by atoms with van der Waals surface area (Å²) in [5.74, 6) is 0. The first-order valence-corrected chi connectivity index (χ1v) is 6.13. The number of hydrogen-bond acceptors (Lipinski definition) is 3. The number of anilines is 1. The molecule has 4 heteroatoms. The third-order valence-electron chi connectivity index (χ3n) is 3.40. The maximum atomic E-state index is 8.97. The van der Waals surface area contributed by atoms with Gasteiger partial charge in [0, 0.05) is 23.8 Å². The Labute approximate surface area is 107 Å². The summed E-state index contributed by atoms with van der Waals surface area (Å²) >= 11 is 6.11. The summed E-state index contributed by atoms with van der Waals surface area (Å²) in [4.78, 5) is 2.23. The largest absolute Gasteiger partial charge is 0.371 e. The first-order chi connectivity index (χ1) is 8.04. The van der Waals surface area contributed by atoms with E-state index in [1.165, 1.54) is 0 Å². The molecule has 0 radical (unpaired) electrons. The molecule has 2 N–H and O–H groups in total. The molecule has 0 aromatic heterocycles. The van der Waals surface area contributed by atoms with Gasteiger partial charge in [-0.05, 0) is 37.5 Å². The standard InChI is InChI=1S/C13H16ClN3/c1-10-2-3-11(8-12(10)14)17-6-4-13(16,9-15)5-7-17/h2-3,8H,4-7,16H2,1H3. The lowest BCUT2D eigenvalue weighted by Crippen LogP contribution is -2.49. The molecule has 3 nitrogen and oxygen atoms in total. The minimum absolute atomic E-state index is 0.648. The van der Waals surface area contributed by atoms with Crippen LogP contribution in [0.1, 0.15) is 18.4 Å². The molecule has 2 rings (SSSR count). The molecule has 90 valence electrons. The minimum atomic E-state index is -0.648. The van der Waals surface area contributed by atoms with Crippen molar-refractivity contribution in [1.82, 2.24) is 0 Å². The van der Waals surface area contributed by atoms with E-state index in [1.54, 1.807) is 0 Å². The van der Waals surface area contributed by atoms with Gasteiger partial charge in [-0.1, -0.05) is 17.7 Å². The average molecular weight is 250 g/mol. The summed E-state index contributed by atoms with van der Waals surface area (Å²) in [6, 6.07) is 8.26. The van der Waals surface area contributed by atoms with Crippen molar-refractivity contribution in [3.8, 4) is 6.07 Å². The van der Waals surface area contributed by atoms with Gasteiger partial charge in [-0.25, -0.2) is 0 Å². The van der Waals surface area contributed by atoms with E-state index >= 15 is 0 Å². The van der Waals surface area contributed by atoms with Gasteiger partial charge in [-0.15, -0.1) is 0 Å². The fraction of sp³-hybridized carbons (Fsp3) is 0.462. The average Bonchev–Trinajstić information content (AvgIpc) is 2.34. The third kappa shape index (κ3) is 2.54. The maximum absolute atomic E-state index is 8.97. The molecule has 1 aliphatic rings. The zero-order valence-corrected chi connectivity index (χ0v) is 10.7. The Bertz CT molecular complexity index is 456. The highest BCUT2D eigenvalue weighted by Gasteiger charge is 2.30. The van der Waals surface area contributed by atoms with Crippen LogP contribution in [0.25, 0.3) is 0 Å². The van der Waals surface area contributed by atoms with E-state index < -0.39 is 5.54 Å². The molecule has 0 unspecified atom stereocenters. The fourth-order valence-corrected chi connectivity index (χ4v) is 2.23. The number of rotatable bonds is 1. The molecule has 17 heavy (non-hydrogen) atoms. The van der Waals surface area contributed by atoms with Crippen LogP contribution >= 0.6 is 11.6 Å². The van der Waals surface area contributed by atoms with Crippen LogP contribution in [0.15, 0.2) is 18.2 Å². The molecular weight excluding hydrogens is 234 g/mol. The summed E-state index contributed by atoms with van der Waals surface area (Å²) in [7, 11) is 0. The zero-order chi connectivity index (χ0) is 12.5. The normalized spacial score (nSPS) is 18.8. The van der Waals surface area contributed by atoms with E-state index in [0.29, 0.717) is 12.8 Å². The van der Waals surface area contributed by atoms with Crippen LogP contribution in [0.2, 0.25) is 5.02 Å². The second-order valence-corrected chi connectivity index (χ2v) is 5.10. The summed E-state index contributed by atoms with van der Waals surface area (Å²) in [5, 5.41) is 9.76. The van der Waals surface area contributed by atoms with Crippen LogP contribution in [-0.2, 0) is 0 Å². The molecule has 1 heterocycles. The summed E-state index contributed by atoms with van der Waals surface area (Å²) < 4.78 is 0.